The molecule has 0 aliphatic carbocycles. The number of nitrogens with zero attached hydrogens (tertiary/aromatic N) is 3. The first kappa shape index (κ1) is 20.5. The lowest BCUT2D eigenvalue weighted by atomic mass is 10.00. The summed E-state index contributed by atoms with van der Waals surface area (Å²) in [5, 5.41) is 3.31. The van der Waals surface area contributed by atoms with Crippen LogP contribution in [0.1, 0.15) is 51.9 Å². The van der Waals surface area contributed by atoms with Crippen molar-refractivity contribution in [3.63, 3.8) is 0 Å². The second-order valence-corrected chi connectivity index (χ2v) is 6.87. The number of piperidine rings is 1. The smallest absolute Gasteiger partial charge is 0.224 e. The van der Waals surface area contributed by atoms with Gasteiger partial charge in [-0.1, -0.05) is 19.4 Å². The summed E-state index contributed by atoms with van der Waals surface area (Å²) in [4.78, 5) is 20.8. The van der Waals surface area contributed by atoms with Gasteiger partial charge in [-0.25, -0.2) is 0 Å². The molecule has 5 nitrogen and oxygen atoms in total. The SMILES string of the molecule is C=CCCCCCN(C)C(=NC)NCCC(=O)N1CCCC(C)C1. The fraction of sp³-hybridized carbons (Fsp3) is 0.789. The second kappa shape index (κ2) is 11.9. The molecule has 0 spiro atoms. The van der Waals surface area contributed by atoms with E-state index in [0.29, 0.717) is 18.9 Å². The van der Waals surface area contributed by atoms with E-state index in [2.05, 4.69) is 35.8 Å². The van der Waals surface area contributed by atoms with Crippen molar-refractivity contribution in [2.75, 3.05) is 40.3 Å². The molecular formula is C19H36N4O. The van der Waals surface area contributed by atoms with Gasteiger partial charge >= 0.3 is 0 Å². The van der Waals surface area contributed by atoms with E-state index in [9.17, 15) is 4.79 Å². The Hall–Kier alpha value is -1.52. The van der Waals surface area contributed by atoms with E-state index in [4.69, 9.17) is 0 Å². The Labute approximate surface area is 148 Å². The number of likely N-dealkylation sites (tertiary alicyclic amines) is 1. The first-order valence-corrected chi connectivity index (χ1v) is 9.39. The van der Waals surface area contributed by atoms with Crippen molar-refractivity contribution in [1.82, 2.24) is 15.1 Å². The van der Waals surface area contributed by atoms with E-state index >= 15 is 0 Å². The summed E-state index contributed by atoms with van der Waals surface area (Å²) in [5.74, 6) is 1.77. The van der Waals surface area contributed by atoms with E-state index in [1.54, 1.807) is 7.05 Å². The van der Waals surface area contributed by atoms with Crippen LogP contribution >= 0.6 is 0 Å². The highest BCUT2D eigenvalue weighted by atomic mass is 16.2. The highest BCUT2D eigenvalue weighted by Crippen LogP contribution is 2.15. The first-order valence-electron chi connectivity index (χ1n) is 9.39. The summed E-state index contributed by atoms with van der Waals surface area (Å²) in [5.41, 5.74) is 0. The standard InChI is InChI=1S/C19H36N4O/c1-5-6-7-8-9-14-22(4)19(20-3)21-13-12-18(24)23-15-10-11-17(2)16-23/h5,17H,1,6-16H2,2-4H3,(H,20,21). The molecule has 1 N–H and O–H groups in total. The topological polar surface area (TPSA) is 47.9 Å². The minimum absolute atomic E-state index is 0.261. The normalized spacial score (nSPS) is 18.4. The van der Waals surface area contributed by atoms with Crippen LogP contribution < -0.4 is 5.32 Å². The molecular weight excluding hydrogens is 300 g/mol. The van der Waals surface area contributed by atoms with Gasteiger partial charge in [-0.05, 0) is 38.0 Å². The zero-order chi connectivity index (χ0) is 17.8. The van der Waals surface area contributed by atoms with Gasteiger partial charge in [0, 0.05) is 46.7 Å². The van der Waals surface area contributed by atoms with Gasteiger partial charge in [-0.15, -0.1) is 6.58 Å². The van der Waals surface area contributed by atoms with Crippen molar-refractivity contribution in [3.05, 3.63) is 12.7 Å². The van der Waals surface area contributed by atoms with Crippen molar-refractivity contribution in [3.8, 4) is 0 Å². The molecule has 0 radical (unpaired) electrons. The summed E-state index contributed by atoms with van der Waals surface area (Å²) < 4.78 is 0. The van der Waals surface area contributed by atoms with Crippen LogP contribution in [0, 0.1) is 5.92 Å². The Morgan fingerprint density at radius 3 is 2.88 bits per heavy atom. The first-order chi connectivity index (χ1) is 11.6. The van der Waals surface area contributed by atoms with E-state index in [0.717, 1.165) is 44.9 Å². The van der Waals surface area contributed by atoms with Gasteiger partial charge < -0.3 is 15.1 Å². The van der Waals surface area contributed by atoms with E-state index in [1.165, 1.54) is 19.3 Å². The number of unbranched alkanes of at least 4 members (excludes halogenated alkanes) is 3. The maximum atomic E-state index is 12.3. The Balaban J connectivity index is 2.22. The summed E-state index contributed by atoms with van der Waals surface area (Å²) in [6.45, 7) is 9.44. The van der Waals surface area contributed by atoms with Crippen LogP contribution in [-0.4, -0.2) is 61.9 Å². The lowest BCUT2D eigenvalue weighted by molar-refractivity contribution is -0.132. The van der Waals surface area contributed by atoms with Crippen molar-refractivity contribution in [2.24, 2.45) is 10.9 Å². The second-order valence-electron chi connectivity index (χ2n) is 6.87. The van der Waals surface area contributed by atoms with Gasteiger partial charge in [0.25, 0.3) is 0 Å². The molecule has 1 atom stereocenters. The summed E-state index contributed by atoms with van der Waals surface area (Å²) in [6.07, 6.45) is 9.54. The van der Waals surface area contributed by atoms with Crippen LogP contribution in [-0.2, 0) is 4.79 Å². The Morgan fingerprint density at radius 2 is 2.21 bits per heavy atom. The summed E-state index contributed by atoms with van der Waals surface area (Å²) in [7, 11) is 3.85. The third-order valence-corrected chi connectivity index (χ3v) is 4.61. The minimum atomic E-state index is 0.261. The van der Waals surface area contributed by atoms with Crippen LogP contribution in [0.25, 0.3) is 0 Å². The molecule has 0 aromatic carbocycles. The molecule has 138 valence electrons. The summed E-state index contributed by atoms with van der Waals surface area (Å²) in [6, 6.07) is 0. The van der Waals surface area contributed by atoms with Crippen molar-refractivity contribution >= 4 is 11.9 Å². The highest BCUT2D eigenvalue weighted by Gasteiger charge is 2.20. The Morgan fingerprint density at radius 1 is 1.42 bits per heavy atom. The molecule has 0 bridgehead atoms. The average Bonchev–Trinajstić information content (AvgIpc) is 2.58. The minimum Gasteiger partial charge on any atom is -0.356 e. The number of allylic oxidation sites excluding steroid dienone is 1. The van der Waals surface area contributed by atoms with Gasteiger partial charge in [0.2, 0.25) is 5.91 Å². The van der Waals surface area contributed by atoms with Gasteiger partial charge in [0.1, 0.15) is 0 Å². The largest absolute Gasteiger partial charge is 0.356 e. The average molecular weight is 337 g/mol. The van der Waals surface area contributed by atoms with Crippen molar-refractivity contribution in [1.29, 1.82) is 0 Å². The third-order valence-electron chi connectivity index (χ3n) is 4.61. The Bertz CT molecular complexity index is 408. The van der Waals surface area contributed by atoms with Crippen LogP contribution in [0.5, 0.6) is 0 Å². The molecule has 1 heterocycles. The molecule has 1 aliphatic rings. The van der Waals surface area contributed by atoms with Crippen molar-refractivity contribution < 1.29 is 4.79 Å². The highest BCUT2D eigenvalue weighted by molar-refractivity contribution is 5.81. The lowest BCUT2D eigenvalue weighted by Gasteiger charge is -2.31. The number of hydrogen-bond donors (Lipinski definition) is 1. The van der Waals surface area contributed by atoms with Gasteiger partial charge in [0.15, 0.2) is 5.96 Å². The van der Waals surface area contributed by atoms with Gasteiger partial charge in [-0.2, -0.15) is 0 Å². The maximum absolute atomic E-state index is 12.3. The maximum Gasteiger partial charge on any atom is 0.224 e. The van der Waals surface area contributed by atoms with Crippen LogP contribution in [0.3, 0.4) is 0 Å². The lowest BCUT2D eigenvalue weighted by Crippen LogP contribution is -2.43. The summed E-state index contributed by atoms with van der Waals surface area (Å²) >= 11 is 0. The number of carbonyl (C=O) groups is 1. The third kappa shape index (κ3) is 7.84. The van der Waals surface area contributed by atoms with E-state index in [-0.39, 0.29) is 5.91 Å². The molecule has 1 unspecified atom stereocenters. The number of amides is 1. The quantitative estimate of drug-likeness (QED) is 0.305. The molecule has 1 amide bonds. The molecule has 0 aromatic rings. The number of rotatable bonds is 9. The van der Waals surface area contributed by atoms with Crippen molar-refractivity contribution in [2.45, 2.75) is 51.9 Å². The monoisotopic (exact) mass is 336 g/mol. The van der Waals surface area contributed by atoms with E-state index < -0.39 is 0 Å². The molecule has 24 heavy (non-hydrogen) atoms. The van der Waals surface area contributed by atoms with Crippen LogP contribution in [0.2, 0.25) is 0 Å². The van der Waals surface area contributed by atoms with Gasteiger partial charge in [0.05, 0.1) is 0 Å². The number of guanidine groups is 1. The number of nitrogens with one attached hydrogen (secondary N) is 1. The zero-order valence-electron chi connectivity index (χ0n) is 15.9. The molecule has 1 saturated heterocycles. The number of carbonyl (C=O) groups excluding carboxylic acids is 1. The van der Waals surface area contributed by atoms with Crippen LogP contribution in [0.15, 0.2) is 17.6 Å². The molecule has 5 heteroatoms. The number of hydrogen-bond acceptors (Lipinski definition) is 2. The molecule has 1 fully saturated rings. The molecule has 1 rings (SSSR count). The van der Waals surface area contributed by atoms with Gasteiger partial charge in [-0.3, -0.25) is 9.79 Å². The van der Waals surface area contributed by atoms with Crippen LogP contribution in [0.4, 0.5) is 0 Å². The molecule has 1 aliphatic heterocycles. The Kier molecular flexibility index (Phi) is 10.2. The zero-order valence-corrected chi connectivity index (χ0v) is 15.9. The number of aliphatic imine (C=N–C) groups is 1. The van der Waals surface area contributed by atoms with E-state index in [1.807, 2.05) is 11.0 Å². The molecule has 0 saturated carbocycles. The molecule has 0 aromatic heterocycles. The fourth-order valence-electron chi connectivity index (χ4n) is 3.16. The fourth-order valence-corrected chi connectivity index (χ4v) is 3.16. The predicted octanol–water partition coefficient (Wildman–Crippen LogP) is 2.89. The predicted molar refractivity (Wildman–Crippen MR) is 102 cm³/mol.